The number of anilines is 2. The minimum absolute atomic E-state index is 0.0949. The molecule has 0 fully saturated rings. The summed E-state index contributed by atoms with van der Waals surface area (Å²) in [6.45, 7) is 1.79. The second-order valence-corrected chi connectivity index (χ2v) is 6.84. The molecule has 0 saturated carbocycles. The number of thiazole rings is 1. The Hall–Kier alpha value is -2.13. The summed E-state index contributed by atoms with van der Waals surface area (Å²) in [5, 5.41) is 4.71. The van der Waals surface area contributed by atoms with E-state index in [2.05, 4.69) is 20.0 Å². The molecule has 0 unspecified atom stereocenters. The van der Waals surface area contributed by atoms with Crippen molar-refractivity contribution in [3.63, 3.8) is 0 Å². The van der Waals surface area contributed by atoms with Crippen LogP contribution in [0.5, 0.6) is 0 Å². The molecule has 0 radical (unpaired) electrons. The van der Waals surface area contributed by atoms with E-state index in [1.165, 1.54) is 11.3 Å². The third kappa shape index (κ3) is 2.34. The van der Waals surface area contributed by atoms with E-state index < -0.39 is 10.0 Å². The van der Waals surface area contributed by atoms with E-state index in [0.717, 1.165) is 5.56 Å². The van der Waals surface area contributed by atoms with Crippen LogP contribution in [-0.4, -0.2) is 29.8 Å². The fraction of sp³-hybridized carbons (Fsp3) is 0.167. The monoisotopic (exact) mass is 323 g/mol. The van der Waals surface area contributed by atoms with Gasteiger partial charge in [0.25, 0.3) is 10.0 Å². The van der Waals surface area contributed by atoms with Gasteiger partial charge >= 0.3 is 0 Å². The minimum atomic E-state index is -3.76. The van der Waals surface area contributed by atoms with Gasteiger partial charge in [-0.3, -0.25) is 14.1 Å². The van der Waals surface area contributed by atoms with Crippen LogP contribution in [0.3, 0.4) is 0 Å². The van der Waals surface area contributed by atoms with Crippen molar-refractivity contribution in [1.29, 1.82) is 0 Å². The Morgan fingerprint density at radius 3 is 2.90 bits per heavy atom. The van der Waals surface area contributed by atoms with Gasteiger partial charge in [-0.05, 0) is 18.6 Å². The molecule has 3 aromatic rings. The highest BCUT2D eigenvalue weighted by Crippen LogP contribution is 2.27. The maximum atomic E-state index is 12.7. The predicted octanol–water partition coefficient (Wildman–Crippen LogP) is 1.94. The van der Waals surface area contributed by atoms with E-state index in [1.54, 1.807) is 48.4 Å². The number of aromatic nitrogens is 3. The lowest BCUT2D eigenvalue weighted by molar-refractivity contribution is 0.597. The molecule has 110 valence electrons. The number of rotatable bonds is 4. The van der Waals surface area contributed by atoms with Gasteiger partial charge in [0.2, 0.25) is 5.03 Å². The standard InChI is InChI=1S/C12H13N5O2S2/c1-8-7-14-4-3-9(8)16-21(18,19)11-10(13-2)15-12-17(11)5-6-20-12/h3-7,13H,1-2H3,(H,14,16). The Bertz CT molecular complexity index is 897. The first kappa shape index (κ1) is 13.8. The van der Waals surface area contributed by atoms with Crippen molar-refractivity contribution in [2.45, 2.75) is 11.9 Å². The molecule has 0 aliphatic heterocycles. The number of nitrogens with zero attached hydrogens (tertiary/aromatic N) is 3. The van der Waals surface area contributed by atoms with Crippen LogP contribution in [0, 0.1) is 6.92 Å². The van der Waals surface area contributed by atoms with Gasteiger partial charge in [0, 0.05) is 31.0 Å². The first-order valence-electron chi connectivity index (χ1n) is 6.09. The molecule has 21 heavy (non-hydrogen) atoms. The van der Waals surface area contributed by atoms with Gasteiger partial charge in [-0.2, -0.15) is 8.42 Å². The summed E-state index contributed by atoms with van der Waals surface area (Å²) >= 11 is 1.37. The molecule has 0 aliphatic carbocycles. The Morgan fingerprint density at radius 2 is 2.19 bits per heavy atom. The summed E-state index contributed by atoms with van der Waals surface area (Å²) in [6, 6.07) is 1.62. The number of hydrogen-bond donors (Lipinski definition) is 2. The van der Waals surface area contributed by atoms with Crippen LogP contribution >= 0.6 is 11.3 Å². The average Bonchev–Trinajstić information content (AvgIpc) is 3.00. The molecule has 0 aromatic carbocycles. The Morgan fingerprint density at radius 1 is 1.38 bits per heavy atom. The van der Waals surface area contributed by atoms with Crippen LogP contribution in [0.15, 0.2) is 35.1 Å². The Kier molecular flexibility index (Phi) is 3.30. The van der Waals surface area contributed by atoms with Gasteiger partial charge in [-0.25, -0.2) is 4.98 Å². The first-order valence-corrected chi connectivity index (χ1v) is 8.46. The molecule has 0 spiro atoms. The fourth-order valence-electron chi connectivity index (χ4n) is 1.97. The molecular formula is C12H13N5O2S2. The molecular weight excluding hydrogens is 310 g/mol. The number of sulfonamides is 1. The highest BCUT2D eigenvalue weighted by molar-refractivity contribution is 7.92. The summed E-state index contributed by atoms with van der Waals surface area (Å²) < 4.78 is 29.5. The molecule has 3 aromatic heterocycles. The van der Waals surface area contributed by atoms with Crippen molar-refractivity contribution in [3.8, 4) is 0 Å². The number of nitrogens with one attached hydrogen (secondary N) is 2. The van der Waals surface area contributed by atoms with Crippen LogP contribution in [0.1, 0.15) is 5.56 Å². The van der Waals surface area contributed by atoms with Gasteiger partial charge in [-0.1, -0.05) is 0 Å². The molecule has 0 atom stereocenters. The number of hydrogen-bond acceptors (Lipinski definition) is 6. The quantitative estimate of drug-likeness (QED) is 0.766. The first-order chi connectivity index (χ1) is 10.0. The zero-order valence-corrected chi connectivity index (χ0v) is 13.0. The van der Waals surface area contributed by atoms with Crippen molar-refractivity contribution in [3.05, 3.63) is 35.6 Å². The highest BCUT2D eigenvalue weighted by atomic mass is 32.2. The molecule has 0 bridgehead atoms. The second-order valence-electron chi connectivity index (χ2n) is 4.37. The maximum absolute atomic E-state index is 12.7. The Labute approximate surface area is 125 Å². The highest BCUT2D eigenvalue weighted by Gasteiger charge is 2.26. The smallest absolute Gasteiger partial charge is 0.281 e. The van der Waals surface area contributed by atoms with Crippen molar-refractivity contribution in [2.24, 2.45) is 0 Å². The zero-order valence-electron chi connectivity index (χ0n) is 11.4. The van der Waals surface area contributed by atoms with E-state index >= 15 is 0 Å². The van der Waals surface area contributed by atoms with Gasteiger partial charge in [0.1, 0.15) is 0 Å². The number of imidazole rings is 1. The minimum Gasteiger partial charge on any atom is -0.371 e. The molecule has 3 rings (SSSR count). The molecule has 3 heterocycles. The van der Waals surface area contributed by atoms with Crippen LogP contribution in [0.4, 0.5) is 11.5 Å². The normalized spacial score (nSPS) is 11.7. The van der Waals surface area contributed by atoms with Crippen LogP contribution in [0.25, 0.3) is 4.96 Å². The second kappa shape index (κ2) is 5.01. The van der Waals surface area contributed by atoms with E-state index in [4.69, 9.17) is 0 Å². The van der Waals surface area contributed by atoms with Gasteiger partial charge < -0.3 is 5.32 Å². The van der Waals surface area contributed by atoms with Gasteiger partial charge in [-0.15, -0.1) is 11.3 Å². The number of pyridine rings is 1. The molecule has 0 saturated heterocycles. The largest absolute Gasteiger partial charge is 0.371 e. The molecule has 0 aliphatic rings. The summed E-state index contributed by atoms with van der Waals surface area (Å²) in [7, 11) is -2.12. The van der Waals surface area contributed by atoms with E-state index in [1.807, 2.05) is 0 Å². The summed E-state index contributed by atoms with van der Waals surface area (Å²) in [6.07, 6.45) is 4.83. The summed E-state index contributed by atoms with van der Waals surface area (Å²) in [5.41, 5.74) is 1.25. The number of aryl methyl sites for hydroxylation is 1. The summed E-state index contributed by atoms with van der Waals surface area (Å²) in [4.78, 5) is 8.83. The van der Waals surface area contributed by atoms with Crippen LogP contribution in [0.2, 0.25) is 0 Å². The Balaban J connectivity index is 2.12. The maximum Gasteiger partial charge on any atom is 0.281 e. The molecule has 7 nitrogen and oxygen atoms in total. The van der Waals surface area contributed by atoms with E-state index in [0.29, 0.717) is 16.5 Å². The molecule has 2 N–H and O–H groups in total. The average molecular weight is 323 g/mol. The third-order valence-corrected chi connectivity index (χ3v) is 5.12. The number of fused-ring (bicyclic) bond motifs is 1. The summed E-state index contributed by atoms with van der Waals surface area (Å²) in [5.74, 6) is 0.320. The van der Waals surface area contributed by atoms with Gasteiger partial charge in [0.05, 0.1) is 5.69 Å². The lowest BCUT2D eigenvalue weighted by Crippen LogP contribution is -2.17. The van der Waals surface area contributed by atoms with Crippen molar-refractivity contribution in [1.82, 2.24) is 14.4 Å². The van der Waals surface area contributed by atoms with Crippen LogP contribution < -0.4 is 10.0 Å². The fourth-order valence-corrected chi connectivity index (χ4v) is 4.16. The van der Waals surface area contributed by atoms with Gasteiger partial charge in [0.15, 0.2) is 10.8 Å². The third-order valence-electron chi connectivity index (χ3n) is 2.97. The predicted molar refractivity (Wildman–Crippen MR) is 82.4 cm³/mol. The van der Waals surface area contributed by atoms with Crippen molar-refractivity contribution in [2.75, 3.05) is 17.1 Å². The lowest BCUT2D eigenvalue weighted by Gasteiger charge is -2.10. The topological polar surface area (TPSA) is 88.4 Å². The zero-order chi connectivity index (χ0) is 15.0. The molecule has 9 heteroatoms. The van der Waals surface area contributed by atoms with Crippen molar-refractivity contribution < 1.29 is 8.42 Å². The van der Waals surface area contributed by atoms with E-state index in [9.17, 15) is 8.42 Å². The van der Waals surface area contributed by atoms with Crippen LogP contribution in [-0.2, 0) is 10.0 Å². The van der Waals surface area contributed by atoms with Crippen molar-refractivity contribution >= 4 is 37.8 Å². The molecule has 0 amide bonds. The SMILES string of the molecule is CNc1nc2sccn2c1S(=O)(=O)Nc1ccncc1C. The lowest BCUT2D eigenvalue weighted by atomic mass is 10.3. The van der Waals surface area contributed by atoms with E-state index in [-0.39, 0.29) is 5.03 Å².